The molecule has 0 bridgehead atoms. The molecule has 0 spiro atoms. The molecule has 1 aromatic rings. The highest BCUT2D eigenvalue weighted by molar-refractivity contribution is 6.21. The molecule has 0 unspecified atom stereocenters. The van der Waals surface area contributed by atoms with Gasteiger partial charge in [0.05, 0.1) is 17.2 Å². The number of hydrogen-bond acceptors (Lipinski definition) is 3. The molecule has 0 N–H and O–H groups in total. The molecule has 4 nitrogen and oxygen atoms in total. The molecule has 1 aliphatic rings. The molecule has 0 aromatic heterocycles. The van der Waals surface area contributed by atoms with Gasteiger partial charge in [0.15, 0.2) is 0 Å². The monoisotopic (exact) mass is 260 g/mol. The van der Waals surface area contributed by atoms with Gasteiger partial charge in [-0.2, -0.15) is 0 Å². The molecule has 1 heterocycles. The van der Waals surface area contributed by atoms with E-state index in [1.54, 1.807) is 24.3 Å². The Labute approximate surface area is 114 Å². The summed E-state index contributed by atoms with van der Waals surface area (Å²) >= 11 is 0. The fraction of sp³-hybridized carbons (Fsp3) is 0.467. The van der Waals surface area contributed by atoms with Gasteiger partial charge in [0.25, 0.3) is 11.8 Å². The molecular formula is C15H20N2O2. The summed E-state index contributed by atoms with van der Waals surface area (Å²) in [6.45, 7) is 8.66. The number of carbonyl (C=O) groups is 2. The van der Waals surface area contributed by atoms with E-state index in [1.807, 2.05) is 6.92 Å². The number of carbonyl (C=O) groups excluding carboxylic acids is 2. The van der Waals surface area contributed by atoms with Crippen LogP contribution < -0.4 is 0 Å². The number of imide groups is 1. The Morgan fingerprint density at radius 2 is 1.53 bits per heavy atom. The van der Waals surface area contributed by atoms with Crippen molar-refractivity contribution >= 4 is 11.8 Å². The van der Waals surface area contributed by atoms with Crippen LogP contribution in [-0.4, -0.2) is 47.3 Å². The minimum atomic E-state index is -0.166. The van der Waals surface area contributed by atoms with Gasteiger partial charge in [-0.1, -0.05) is 26.0 Å². The van der Waals surface area contributed by atoms with Gasteiger partial charge in [-0.05, 0) is 32.1 Å². The molecule has 0 fully saturated rings. The summed E-state index contributed by atoms with van der Waals surface area (Å²) < 4.78 is 0. The fourth-order valence-corrected chi connectivity index (χ4v) is 2.55. The predicted molar refractivity (Wildman–Crippen MR) is 74.2 cm³/mol. The molecule has 0 saturated carbocycles. The van der Waals surface area contributed by atoms with Gasteiger partial charge in [-0.3, -0.25) is 14.5 Å². The zero-order chi connectivity index (χ0) is 14.0. The third kappa shape index (κ3) is 2.40. The lowest BCUT2D eigenvalue weighted by atomic mass is 10.1. The first-order chi connectivity index (χ1) is 9.10. The van der Waals surface area contributed by atoms with Crippen molar-refractivity contribution in [3.05, 3.63) is 35.4 Å². The molecule has 2 amide bonds. The number of hydrogen-bond donors (Lipinski definition) is 0. The van der Waals surface area contributed by atoms with Gasteiger partial charge in [-0.25, -0.2) is 0 Å². The highest BCUT2D eigenvalue weighted by Gasteiger charge is 2.38. The first kappa shape index (κ1) is 13.7. The van der Waals surface area contributed by atoms with E-state index in [0.717, 1.165) is 19.6 Å². The average molecular weight is 260 g/mol. The maximum absolute atomic E-state index is 12.3. The second kappa shape index (κ2) is 5.53. The largest absolute Gasteiger partial charge is 0.302 e. The maximum Gasteiger partial charge on any atom is 0.261 e. The van der Waals surface area contributed by atoms with Crippen LogP contribution >= 0.6 is 0 Å². The van der Waals surface area contributed by atoms with Crippen molar-refractivity contribution in [2.45, 2.75) is 26.8 Å². The minimum Gasteiger partial charge on any atom is -0.302 e. The van der Waals surface area contributed by atoms with Crippen LogP contribution in [0.25, 0.3) is 0 Å². The molecule has 0 saturated heterocycles. The number of rotatable bonds is 5. The predicted octanol–water partition coefficient (Wildman–Crippen LogP) is 2.01. The molecule has 1 aliphatic heterocycles. The van der Waals surface area contributed by atoms with Gasteiger partial charge in [0, 0.05) is 6.54 Å². The molecule has 1 aromatic carbocycles. The number of nitrogens with zero attached hydrogens (tertiary/aromatic N) is 2. The van der Waals surface area contributed by atoms with Crippen LogP contribution in [0.3, 0.4) is 0 Å². The van der Waals surface area contributed by atoms with Crippen LogP contribution in [-0.2, 0) is 0 Å². The maximum atomic E-state index is 12.3. The van der Waals surface area contributed by atoms with E-state index >= 15 is 0 Å². The summed E-state index contributed by atoms with van der Waals surface area (Å²) in [7, 11) is 0. The summed E-state index contributed by atoms with van der Waals surface area (Å²) in [6, 6.07) is 6.93. The third-order valence-electron chi connectivity index (χ3n) is 3.68. The standard InChI is InChI=1S/C15H20N2O2/c1-4-16(5-2)10-11(3)17-14(18)12-8-6-7-9-13(12)15(17)19/h6-9,11H,4-5,10H2,1-3H3/t11-/m1/s1. The fourth-order valence-electron chi connectivity index (χ4n) is 2.55. The number of likely N-dealkylation sites (N-methyl/N-ethyl adjacent to an activating group) is 1. The van der Waals surface area contributed by atoms with Gasteiger partial charge >= 0.3 is 0 Å². The topological polar surface area (TPSA) is 40.6 Å². The third-order valence-corrected chi connectivity index (χ3v) is 3.68. The summed E-state index contributed by atoms with van der Waals surface area (Å²) in [4.78, 5) is 28.2. The zero-order valence-electron chi connectivity index (χ0n) is 11.7. The molecule has 0 radical (unpaired) electrons. The Bertz CT molecular complexity index is 460. The van der Waals surface area contributed by atoms with Gasteiger partial charge in [0.2, 0.25) is 0 Å². The van der Waals surface area contributed by atoms with E-state index < -0.39 is 0 Å². The van der Waals surface area contributed by atoms with Gasteiger partial charge in [0.1, 0.15) is 0 Å². The Hall–Kier alpha value is -1.68. The highest BCUT2D eigenvalue weighted by atomic mass is 16.2. The smallest absolute Gasteiger partial charge is 0.261 e. The van der Waals surface area contributed by atoms with Crippen molar-refractivity contribution in [1.29, 1.82) is 0 Å². The normalized spacial score (nSPS) is 16.1. The molecule has 2 rings (SSSR count). The highest BCUT2D eigenvalue weighted by Crippen LogP contribution is 2.24. The van der Waals surface area contributed by atoms with Crippen LogP contribution in [0.5, 0.6) is 0 Å². The quantitative estimate of drug-likeness (QED) is 0.760. The van der Waals surface area contributed by atoms with Crippen molar-refractivity contribution in [2.24, 2.45) is 0 Å². The van der Waals surface area contributed by atoms with Crippen LogP contribution in [0.4, 0.5) is 0 Å². The Balaban J connectivity index is 2.19. The lowest BCUT2D eigenvalue weighted by molar-refractivity contribution is 0.0563. The first-order valence-corrected chi connectivity index (χ1v) is 6.79. The summed E-state index contributed by atoms with van der Waals surface area (Å²) in [5.41, 5.74) is 1.05. The van der Waals surface area contributed by atoms with Crippen molar-refractivity contribution < 1.29 is 9.59 Å². The van der Waals surface area contributed by atoms with E-state index in [9.17, 15) is 9.59 Å². The molecule has 19 heavy (non-hydrogen) atoms. The van der Waals surface area contributed by atoms with E-state index in [1.165, 1.54) is 4.90 Å². The Morgan fingerprint density at radius 3 is 1.95 bits per heavy atom. The molecule has 0 aliphatic carbocycles. The van der Waals surface area contributed by atoms with E-state index in [2.05, 4.69) is 18.7 Å². The number of benzene rings is 1. The van der Waals surface area contributed by atoms with E-state index in [4.69, 9.17) is 0 Å². The molecule has 1 atom stereocenters. The van der Waals surface area contributed by atoms with Crippen molar-refractivity contribution in [2.75, 3.05) is 19.6 Å². The Morgan fingerprint density at radius 1 is 1.05 bits per heavy atom. The SMILES string of the molecule is CCN(CC)C[C@@H](C)N1C(=O)c2ccccc2C1=O. The van der Waals surface area contributed by atoms with Crippen LogP contribution in [0.2, 0.25) is 0 Å². The number of amides is 2. The number of fused-ring (bicyclic) bond motifs is 1. The average Bonchev–Trinajstić information content (AvgIpc) is 2.69. The second-order valence-corrected chi connectivity index (χ2v) is 4.86. The van der Waals surface area contributed by atoms with Gasteiger partial charge < -0.3 is 4.90 Å². The van der Waals surface area contributed by atoms with E-state index in [0.29, 0.717) is 11.1 Å². The zero-order valence-corrected chi connectivity index (χ0v) is 11.7. The first-order valence-electron chi connectivity index (χ1n) is 6.79. The van der Waals surface area contributed by atoms with Crippen LogP contribution in [0.15, 0.2) is 24.3 Å². The lowest BCUT2D eigenvalue weighted by Crippen LogP contribution is -2.45. The van der Waals surface area contributed by atoms with Gasteiger partial charge in [-0.15, -0.1) is 0 Å². The molecular weight excluding hydrogens is 240 g/mol. The Kier molecular flexibility index (Phi) is 4.00. The summed E-state index contributed by atoms with van der Waals surface area (Å²) in [5.74, 6) is -0.333. The summed E-state index contributed by atoms with van der Waals surface area (Å²) in [6.07, 6.45) is 0. The lowest BCUT2D eigenvalue weighted by Gasteiger charge is -2.28. The van der Waals surface area contributed by atoms with Crippen molar-refractivity contribution in [3.63, 3.8) is 0 Å². The van der Waals surface area contributed by atoms with E-state index in [-0.39, 0.29) is 17.9 Å². The van der Waals surface area contributed by atoms with Crippen molar-refractivity contribution in [3.8, 4) is 0 Å². The summed E-state index contributed by atoms with van der Waals surface area (Å²) in [5, 5.41) is 0. The second-order valence-electron chi connectivity index (χ2n) is 4.86. The van der Waals surface area contributed by atoms with Crippen molar-refractivity contribution in [1.82, 2.24) is 9.80 Å². The van der Waals surface area contributed by atoms with Crippen LogP contribution in [0.1, 0.15) is 41.5 Å². The molecule has 4 heteroatoms. The van der Waals surface area contributed by atoms with Crippen LogP contribution in [0, 0.1) is 0 Å². The molecule has 102 valence electrons. The minimum absolute atomic E-state index is 0.104.